The summed E-state index contributed by atoms with van der Waals surface area (Å²) in [6.45, 7) is 9.63. The minimum absolute atomic E-state index is 0.338. The van der Waals surface area contributed by atoms with Gasteiger partial charge in [0.25, 0.3) is 0 Å². The molecule has 0 spiro atoms. The summed E-state index contributed by atoms with van der Waals surface area (Å²) in [5.74, 6) is 1.95. The largest absolute Gasteiger partial charge is 0.329 e. The third-order valence-corrected chi connectivity index (χ3v) is 6.14. The lowest BCUT2D eigenvalue weighted by atomic mass is 9.73. The van der Waals surface area contributed by atoms with Crippen molar-refractivity contribution in [3.63, 3.8) is 0 Å². The zero-order chi connectivity index (χ0) is 14.0. The predicted octanol–water partition coefficient (Wildman–Crippen LogP) is 2.31. The molecular formula is C17H33N3. The van der Waals surface area contributed by atoms with E-state index in [-0.39, 0.29) is 0 Å². The number of hydrogen-bond acceptors (Lipinski definition) is 3. The number of nitrogens with zero attached hydrogens (tertiary/aromatic N) is 2. The molecular weight excluding hydrogens is 246 g/mol. The quantitative estimate of drug-likeness (QED) is 0.838. The maximum Gasteiger partial charge on any atom is 0.0335 e. The number of nitrogens with two attached hydrogens (primary N) is 1. The third kappa shape index (κ3) is 3.20. The van der Waals surface area contributed by atoms with Crippen LogP contribution in [0.4, 0.5) is 0 Å². The lowest BCUT2D eigenvalue weighted by molar-refractivity contribution is -0.00252. The van der Waals surface area contributed by atoms with E-state index in [9.17, 15) is 0 Å². The smallest absolute Gasteiger partial charge is 0.0335 e. The van der Waals surface area contributed by atoms with E-state index in [4.69, 9.17) is 5.73 Å². The molecule has 0 amide bonds. The van der Waals surface area contributed by atoms with Gasteiger partial charge in [-0.05, 0) is 37.5 Å². The summed E-state index contributed by atoms with van der Waals surface area (Å²) >= 11 is 0. The van der Waals surface area contributed by atoms with Crippen LogP contribution in [0.15, 0.2) is 0 Å². The molecule has 0 radical (unpaired) electrons. The van der Waals surface area contributed by atoms with Gasteiger partial charge in [0.05, 0.1) is 0 Å². The summed E-state index contributed by atoms with van der Waals surface area (Å²) in [6.07, 6.45) is 9.79. The molecule has 2 unspecified atom stereocenters. The number of rotatable bonds is 5. The Morgan fingerprint density at radius 1 is 1.05 bits per heavy atom. The summed E-state index contributed by atoms with van der Waals surface area (Å²) in [7, 11) is 0. The van der Waals surface area contributed by atoms with Crippen LogP contribution in [0.5, 0.6) is 0 Å². The molecule has 1 saturated heterocycles. The molecule has 2 aliphatic carbocycles. The Morgan fingerprint density at radius 2 is 1.80 bits per heavy atom. The standard InChI is InChI=1S/C17H33N3/c1-2-15-4-3-7-17(12-15,14-18)20-10-8-19(9-11-20)13-16-5-6-16/h15-16H,2-14,18H2,1H3. The Balaban J connectivity index is 1.56. The topological polar surface area (TPSA) is 32.5 Å². The molecule has 0 aromatic carbocycles. The summed E-state index contributed by atoms with van der Waals surface area (Å²) in [6, 6.07) is 0. The zero-order valence-corrected chi connectivity index (χ0v) is 13.3. The molecule has 0 aromatic rings. The minimum Gasteiger partial charge on any atom is -0.329 e. The molecule has 3 aliphatic rings. The third-order valence-electron chi connectivity index (χ3n) is 6.14. The van der Waals surface area contributed by atoms with Crippen LogP contribution in [0, 0.1) is 11.8 Å². The van der Waals surface area contributed by atoms with Crippen molar-refractivity contribution < 1.29 is 0 Å². The van der Waals surface area contributed by atoms with E-state index in [1.807, 2.05) is 0 Å². The first kappa shape index (κ1) is 14.8. The Hall–Kier alpha value is -0.120. The maximum atomic E-state index is 6.26. The Morgan fingerprint density at radius 3 is 2.40 bits per heavy atom. The maximum absolute atomic E-state index is 6.26. The van der Waals surface area contributed by atoms with Crippen LogP contribution >= 0.6 is 0 Å². The van der Waals surface area contributed by atoms with E-state index in [1.165, 1.54) is 77.7 Å². The second-order valence-corrected chi connectivity index (χ2v) is 7.53. The second-order valence-electron chi connectivity index (χ2n) is 7.53. The van der Waals surface area contributed by atoms with Crippen LogP contribution < -0.4 is 5.73 Å². The van der Waals surface area contributed by atoms with Crippen molar-refractivity contribution in [3.8, 4) is 0 Å². The van der Waals surface area contributed by atoms with Gasteiger partial charge >= 0.3 is 0 Å². The Labute approximate surface area is 124 Å². The molecule has 0 bridgehead atoms. The van der Waals surface area contributed by atoms with Gasteiger partial charge in [0, 0.05) is 44.8 Å². The first-order valence-corrected chi connectivity index (χ1v) is 8.93. The lowest BCUT2D eigenvalue weighted by Gasteiger charge is -2.51. The second kappa shape index (κ2) is 6.33. The highest BCUT2D eigenvalue weighted by molar-refractivity contribution is 4.98. The molecule has 1 aliphatic heterocycles. The summed E-state index contributed by atoms with van der Waals surface area (Å²) in [4.78, 5) is 5.46. The van der Waals surface area contributed by atoms with Gasteiger partial charge in [-0.1, -0.05) is 26.2 Å². The van der Waals surface area contributed by atoms with Crippen molar-refractivity contribution in [2.24, 2.45) is 17.6 Å². The monoisotopic (exact) mass is 279 g/mol. The fourth-order valence-corrected chi connectivity index (χ4v) is 4.48. The molecule has 3 nitrogen and oxygen atoms in total. The average Bonchev–Trinajstić information content (AvgIpc) is 3.32. The van der Waals surface area contributed by atoms with Crippen molar-refractivity contribution in [1.82, 2.24) is 9.80 Å². The molecule has 3 fully saturated rings. The Kier molecular flexibility index (Phi) is 4.68. The molecule has 2 saturated carbocycles. The highest BCUT2D eigenvalue weighted by Crippen LogP contribution is 2.38. The van der Waals surface area contributed by atoms with E-state index in [0.717, 1.165) is 18.4 Å². The number of hydrogen-bond donors (Lipinski definition) is 1. The molecule has 0 aromatic heterocycles. The van der Waals surface area contributed by atoms with Crippen molar-refractivity contribution in [3.05, 3.63) is 0 Å². The van der Waals surface area contributed by atoms with Crippen molar-refractivity contribution in [1.29, 1.82) is 0 Å². The van der Waals surface area contributed by atoms with Crippen LogP contribution in [0.25, 0.3) is 0 Å². The molecule has 3 heteroatoms. The molecule has 116 valence electrons. The van der Waals surface area contributed by atoms with E-state index in [1.54, 1.807) is 0 Å². The van der Waals surface area contributed by atoms with Gasteiger partial charge in [-0.15, -0.1) is 0 Å². The normalized spacial score (nSPS) is 37.2. The van der Waals surface area contributed by atoms with Crippen LogP contribution in [0.3, 0.4) is 0 Å². The highest BCUT2D eigenvalue weighted by atomic mass is 15.3. The fraction of sp³-hybridized carbons (Fsp3) is 1.00. The van der Waals surface area contributed by atoms with E-state index < -0.39 is 0 Å². The SMILES string of the molecule is CCC1CCCC(CN)(N2CCN(CC3CC3)CC2)C1. The zero-order valence-electron chi connectivity index (χ0n) is 13.3. The summed E-state index contributed by atoms with van der Waals surface area (Å²) in [5.41, 5.74) is 6.59. The van der Waals surface area contributed by atoms with Gasteiger partial charge in [0.2, 0.25) is 0 Å². The van der Waals surface area contributed by atoms with Crippen LogP contribution in [-0.4, -0.2) is 54.6 Å². The first-order valence-electron chi connectivity index (χ1n) is 8.93. The van der Waals surface area contributed by atoms with Crippen molar-refractivity contribution >= 4 is 0 Å². The van der Waals surface area contributed by atoms with Gasteiger partial charge in [-0.2, -0.15) is 0 Å². The summed E-state index contributed by atoms with van der Waals surface area (Å²) in [5, 5.41) is 0. The van der Waals surface area contributed by atoms with Crippen molar-refractivity contribution in [2.75, 3.05) is 39.3 Å². The molecule has 2 N–H and O–H groups in total. The fourth-order valence-electron chi connectivity index (χ4n) is 4.48. The van der Waals surface area contributed by atoms with Gasteiger partial charge in [-0.25, -0.2) is 0 Å². The molecule has 3 rings (SSSR count). The van der Waals surface area contributed by atoms with Crippen molar-refractivity contribution in [2.45, 2.75) is 57.4 Å². The number of piperazine rings is 1. The molecule has 1 heterocycles. The lowest BCUT2D eigenvalue weighted by Crippen LogP contribution is -2.61. The average molecular weight is 279 g/mol. The van der Waals surface area contributed by atoms with E-state index in [0.29, 0.717) is 5.54 Å². The minimum atomic E-state index is 0.338. The van der Waals surface area contributed by atoms with Gasteiger partial charge in [0.15, 0.2) is 0 Å². The summed E-state index contributed by atoms with van der Waals surface area (Å²) < 4.78 is 0. The van der Waals surface area contributed by atoms with Crippen LogP contribution in [-0.2, 0) is 0 Å². The van der Waals surface area contributed by atoms with Gasteiger partial charge in [0.1, 0.15) is 0 Å². The van der Waals surface area contributed by atoms with Gasteiger partial charge < -0.3 is 10.6 Å². The highest BCUT2D eigenvalue weighted by Gasteiger charge is 2.41. The van der Waals surface area contributed by atoms with E-state index >= 15 is 0 Å². The van der Waals surface area contributed by atoms with Crippen LogP contribution in [0.2, 0.25) is 0 Å². The Bertz CT molecular complexity index is 307. The molecule has 2 atom stereocenters. The van der Waals surface area contributed by atoms with E-state index in [2.05, 4.69) is 16.7 Å². The first-order chi connectivity index (χ1) is 9.75. The van der Waals surface area contributed by atoms with Gasteiger partial charge in [-0.3, -0.25) is 4.90 Å². The molecule has 20 heavy (non-hydrogen) atoms. The van der Waals surface area contributed by atoms with Crippen LogP contribution in [0.1, 0.15) is 51.9 Å². The predicted molar refractivity (Wildman–Crippen MR) is 84.8 cm³/mol.